The van der Waals surface area contributed by atoms with Gasteiger partial charge in [-0.1, -0.05) is 19.3 Å². The van der Waals surface area contributed by atoms with E-state index in [0.29, 0.717) is 25.9 Å². The van der Waals surface area contributed by atoms with Crippen molar-refractivity contribution in [1.82, 2.24) is 10.2 Å². The van der Waals surface area contributed by atoms with Crippen LogP contribution in [-0.4, -0.2) is 41.1 Å². The van der Waals surface area contributed by atoms with Crippen molar-refractivity contribution in [1.29, 1.82) is 5.26 Å². The van der Waals surface area contributed by atoms with Gasteiger partial charge in [-0.2, -0.15) is 5.26 Å². The zero-order chi connectivity index (χ0) is 15.8. The first-order valence-corrected chi connectivity index (χ1v) is 7.67. The maximum atomic E-state index is 12.3. The van der Waals surface area contributed by atoms with Gasteiger partial charge in [0.1, 0.15) is 0 Å². The quantitative estimate of drug-likeness (QED) is 0.760. The van der Waals surface area contributed by atoms with Gasteiger partial charge in [-0.15, -0.1) is 0 Å². The molecule has 6 heteroatoms. The van der Waals surface area contributed by atoms with E-state index in [9.17, 15) is 14.7 Å². The molecule has 1 saturated carbocycles. The van der Waals surface area contributed by atoms with E-state index in [1.165, 1.54) is 0 Å². The average molecular weight is 295 g/mol. The highest BCUT2D eigenvalue weighted by molar-refractivity contribution is 5.77. The predicted molar refractivity (Wildman–Crippen MR) is 78.6 cm³/mol. The van der Waals surface area contributed by atoms with Crippen molar-refractivity contribution in [2.75, 3.05) is 13.1 Å². The number of carbonyl (C=O) groups excluding carboxylic acids is 1. The fourth-order valence-electron chi connectivity index (χ4n) is 2.75. The molecule has 0 heterocycles. The number of nitrogens with one attached hydrogen (secondary N) is 1. The van der Waals surface area contributed by atoms with Gasteiger partial charge in [0, 0.05) is 19.1 Å². The Morgan fingerprint density at radius 3 is 2.62 bits per heavy atom. The van der Waals surface area contributed by atoms with Crippen LogP contribution in [0.3, 0.4) is 0 Å². The normalized spacial score (nSPS) is 23.5. The average Bonchev–Trinajstić information content (AvgIpc) is 2.69. The van der Waals surface area contributed by atoms with E-state index in [1.807, 2.05) is 6.92 Å². The Hall–Kier alpha value is -1.77. The van der Waals surface area contributed by atoms with Crippen molar-refractivity contribution >= 4 is 12.0 Å². The van der Waals surface area contributed by atoms with Gasteiger partial charge in [-0.3, -0.25) is 4.79 Å². The van der Waals surface area contributed by atoms with Gasteiger partial charge in [0.15, 0.2) is 0 Å². The van der Waals surface area contributed by atoms with E-state index < -0.39 is 11.9 Å². The van der Waals surface area contributed by atoms with Crippen LogP contribution in [0.5, 0.6) is 0 Å². The van der Waals surface area contributed by atoms with Crippen LogP contribution in [0, 0.1) is 23.2 Å². The van der Waals surface area contributed by atoms with Crippen molar-refractivity contribution in [2.24, 2.45) is 11.8 Å². The number of urea groups is 1. The zero-order valence-corrected chi connectivity index (χ0v) is 12.8. The van der Waals surface area contributed by atoms with Crippen LogP contribution >= 0.6 is 0 Å². The first-order valence-electron chi connectivity index (χ1n) is 7.67. The second-order valence-electron chi connectivity index (χ2n) is 5.71. The van der Waals surface area contributed by atoms with E-state index in [-0.39, 0.29) is 18.0 Å². The maximum absolute atomic E-state index is 12.3. The summed E-state index contributed by atoms with van der Waals surface area (Å²) in [6.45, 7) is 4.48. The van der Waals surface area contributed by atoms with Gasteiger partial charge in [-0.25, -0.2) is 4.79 Å². The Morgan fingerprint density at radius 2 is 2.05 bits per heavy atom. The lowest BCUT2D eigenvalue weighted by molar-refractivity contribution is -0.142. The Bertz CT molecular complexity index is 405. The second kappa shape index (κ2) is 8.50. The van der Waals surface area contributed by atoms with E-state index in [1.54, 1.807) is 11.8 Å². The Morgan fingerprint density at radius 1 is 1.38 bits per heavy atom. The number of carbonyl (C=O) groups is 2. The predicted octanol–water partition coefficient (Wildman–Crippen LogP) is 2.21. The van der Waals surface area contributed by atoms with Crippen LogP contribution in [0.2, 0.25) is 0 Å². The molecule has 1 aliphatic carbocycles. The highest BCUT2D eigenvalue weighted by Crippen LogP contribution is 2.24. The first-order chi connectivity index (χ1) is 9.99. The summed E-state index contributed by atoms with van der Waals surface area (Å²) in [7, 11) is 0. The lowest BCUT2D eigenvalue weighted by Gasteiger charge is -2.28. The number of amides is 2. The van der Waals surface area contributed by atoms with Crippen molar-refractivity contribution in [3.05, 3.63) is 0 Å². The van der Waals surface area contributed by atoms with Crippen LogP contribution < -0.4 is 5.32 Å². The lowest BCUT2D eigenvalue weighted by atomic mass is 9.95. The molecule has 1 rings (SSSR count). The molecule has 1 fully saturated rings. The summed E-state index contributed by atoms with van der Waals surface area (Å²) in [6.07, 6.45) is 4.16. The number of aliphatic carboxylic acids is 1. The third-order valence-corrected chi connectivity index (χ3v) is 4.03. The molecule has 3 atom stereocenters. The zero-order valence-electron chi connectivity index (χ0n) is 12.8. The van der Waals surface area contributed by atoms with E-state index in [4.69, 9.17) is 5.26 Å². The fraction of sp³-hybridized carbons (Fsp3) is 0.800. The largest absolute Gasteiger partial charge is 0.481 e. The number of carboxylic acid groups (broad SMARTS) is 1. The molecule has 0 aromatic carbocycles. The monoisotopic (exact) mass is 295 g/mol. The summed E-state index contributed by atoms with van der Waals surface area (Å²) in [4.78, 5) is 25.2. The number of hydrogen-bond acceptors (Lipinski definition) is 3. The maximum Gasteiger partial charge on any atom is 0.317 e. The van der Waals surface area contributed by atoms with Crippen LogP contribution in [0.25, 0.3) is 0 Å². The minimum atomic E-state index is -0.837. The van der Waals surface area contributed by atoms with Crippen LogP contribution in [0.1, 0.15) is 46.0 Å². The van der Waals surface area contributed by atoms with Crippen LogP contribution in [0.4, 0.5) is 4.79 Å². The third-order valence-electron chi connectivity index (χ3n) is 4.03. The van der Waals surface area contributed by atoms with Crippen molar-refractivity contribution in [2.45, 2.75) is 52.0 Å². The minimum Gasteiger partial charge on any atom is -0.481 e. The standard InChI is InChI=1S/C15H25N3O3/c1-3-18(10-11(2)9-16)15(21)17-13-8-6-4-5-7-12(13)14(19)20/h11-13H,3-8,10H2,1-2H3,(H,17,21)(H,19,20). The number of hydrogen-bond donors (Lipinski definition) is 2. The molecule has 21 heavy (non-hydrogen) atoms. The van der Waals surface area contributed by atoms with Gasteiger partial charge in [0.25, 0.3) is 0 Å². The molecule has 0 aromatic heterocycles. The lowest BCUT2D eigenvalue weighted by Crippen LogP contribution is -2.49. The summed E-state index contributed by atoms with van der Waals surface area (Å²) in [5.41, 5.74) is 0. The number of nitriles is 1. The molecule has 0 aliphatic heterocycles. The highest BCUT2D eigenvalue weighted by atomic mass is 16.4. The Balaban J connectivity index is 2.68. The Kier molecular flexibility index (Phi) is 7.00. The molecule has 0 bridgehead atoms. The van der Waals surface area contributed by atoms with Gasteiger partial charge in [0.05, 0.1) is 17.9 Å². The summed E-state index contributed by atoms with van der Waals surface area (Å²) >= 11 is 0. The molecular formula is C15H25N3O3. The summed E-state index contributed by atoms with van der Waals surface area (Å²) < 4.78 is 0. The Labute approximate surface area is 126 Å². The van der Waals surface area contributed by atoms with Crippen LogP contribution in [0.15, 0.2) is 0 Å². The molecular weight excluding hydrogens is 270 g/mol. The van der Waals surface area contributed by atoms with Gasteiger partial charge in [-0.05, 0) is 26.7 Å². The summed E-state index contributed by atoms with van der Waals surface area (Å²) in [5, 5.41) is 21.0. The SMILES string of the molecule is CCN(CC(C)C#N)C(=O)NC1CCCCCC1C(=O)O. The number of rotatable bonds is 5. The topological polar surface area (TPSA) is 93.4 Å². The molecule has 0 saturated heterocycles. The molecule has 3 unspecified atom stereocenters. The number of carboxylic acids is 1. The summed E-state index contributed by atoms with van der Waals surface area (Å²) in [5.74, 6) is -1.58. The van der Waals surface area contributed by atoms with Crippen molar-refractivity contribution < 1.29 is 14.7 Å². The van der Waals surface area contributed by atoms with Crippen molar-refractivity contribution in [3.63, 3.8) is 0 Å². The molecule has 1 aliphatic rings. The fourth-order valence-corrected chi connectivity index (χ4v) is 2.75. The van der Waals surface area contributed by atoms with E-state index >= 15 is 0 Å². The molecule has 2 amide bonds. The minimum absolute atomic E-state index is 0.236. The molecule has 2 N–H and O–H groups in total. The third kappa shape index (κ3) is 5.25. The molecule has 0 radical (unpaired) electrons. The van der Waals surface area contributed by atoms with Crippen LogP contribution in [-0.2, 0) is 4.79 Å². The van der Waals surface area contributed by atoms with Gasteiger partial charge < -0.3 is 15.3 Å². The summed E-state index contributed by atoms with van der Waals surface area (Å²) in [6, 6.07) is 1.53. The number of nitrogens with zero attached hydrogens (tertiary/aromatic N) is 2. The first kappa shape index (κ1) is 17.3. The van der Waals surface area contributed by atoms with Crippen molar-refractivity contribution in [3.8, 4) is 6.07 Å². The smallest absolute Gasteiger partial charge is 0.317 e. The van der Waals surface area contributed by atoms with E-state index in [2.05, 4.69) is 11.4 Å². The molecule has 0 aromatic rings. The van der Waals surface area contributed by atoms with E-state index in [0.717, 1.165) is 19.3 Å². The highest BCUT2D eigenvalue weighted by Gasteiger charge is 2.31. The second-order valence-corrected chi connectivity index (χ2v) is 5.71. The van der Waals surface area contributed by atoms with Gasteiger partial charge in [0.2, 0.25) is 0 Å². The molecule has 0 spiro atoms. The molecule has 6 nitrogen and oxygen atoms in total. The molecule has 118 valence electrons. The van der Waals surface area contributed by atoms with Gasteiger partial charge >= 0.3 is 12.0 Å².